The topological polar surface area (TPSA) is 81.8 Å². The summed E-state index contributed by atoms with van der Waals surface area (Å²) < 4.78 is 40.6. The number of nitrogens with zero attached hydrogens (tertiary/aromatic N) is 4. The van der Waals surface area contributed by atoms with Gasteiger partial charge in [0.25, 0.3) is 5.56 Å². The number of hydrogen-bond acceptors (Lipinski definition) is 4. The number of hydrogen-bond donors (Lipinski definition) is 1. The van der Waals surface area contributed by atoms with Crippen LogP contribution in [0.3, 0.4) is 0 Å². The molecule has 3 aromatic rings. The van der Waals surface area contributed by atoms with Crippen LogP contribution < -0.4 is 10.9 Å². The van der Waals surface area contributed by atoms with Gasteiger partial charge in [0, 0.05) is 12.6 Å². The third-order valence-electron chi connectivity index (χ3n) is 3.83. The van der Waals surface area contributed by atoms with Gasteiger partial charge >= 0.3 is 6.18 Å². The number of halogens is 3. The van der Waals surface area contributed by atoms with Crippen LogP contribution in [0.15, 0.2) is 41.6 Å². The van der Waals surface area contributed by atoms with Crippen molar-refractivity contribution in [3.05, 3.63) is 58.3 Å². The third-order valence-corrected chi connectivity index (χ3v) is 3.83. The highest BCUT2D eigenvalue weighted by molar-refractivity contribution is 5.77. The average Bonchev–Trinajstić information content (AvgIpc) is 3.02. The largest absolute Gasteiger partial charge is 0.416 e. The summed E-state index contributed by atoms with van der Waals surface area (Å²) in [6.45, 7) is -0.339. The van der Waals surface area contributed by atoms with Crippen molar-refractivity contribution in [1.29, 1.82) is 0 Å². The lowest BCUT2D eigenvalue weighted by Crippen LogP contribution is -2.32. The van der Waals surface area contributed by atoms with E-state index in [0.717, 1.165) is 16.7 Å². The smallest absolute Gasteiger partial charge is 0.344 e. The number of alkyl halides is 3. The van der Waals surface area contributed by atoms with Gasteiger partial charge in [0.15, 0.2) is 5.65 Å². The molecular weight excluding hydrogens is 375 g/mol. The molecule has 0 unspecified atom stereocenters. The maximum atomic E-state index is 12.7. The highest BCUT2D eigenvalue weighted by atomic mass is 19.4. The number of benzene rings is 1. The molecule has 0 aliphatic rings. The van der Waals surface area contributed by atoms with Crippen LogP contribution in [-0.4, -0.2) is 31.8 Å². The van der Waals surface area contributed by atoms with Crippen molar-refractivity contribution in [3.63, 3.8) is 0 Å². The van der Waals surface area contributed by atoms with Crippen LogP contribution >= 0.6 is 0 Å². The molecule has 144 valence electrons. The lowest BCUT2D eigenvalue weighted by Gasteiger charge is -2.06. The number of carbonyl (C=O) groups excluding carboxylic acids is 1. The summed E-state index contributed by atoms with van der Waals surface area (Å²) in [6.07, 6.45) is -1.82. The van der Waals surface area contributed by atoms with Crippen molar-refractivity contribution in [2.45, 2.75) is 12.7 Å². The molecule has 0 saturated carbocycles. The van der Waals surface area contributed by atoms with Crippen molar-refractivity contribution < 1.29 is 18.0 Å². The standard InChI is InChI=1S/C18H14F3N5O2/c1-25-16-14(9-24-25)17(28)26(11-23-16)10-15(27)22-7-3-5-12-4-2-6-13(8-12)18(19,20)21/h2,4,6,8-9,11H,7,10H2,1H3,(H,22,27). The van der Waals surface area contributed by atoms with Crippen LogP contribution in [0.1, 0.15) is 11.1 Å². The van der Waals surface area contributed by atoms with Crippen molar-refractivity contribution in [3.8, 4) is 11.8 Å². The monoisotopic (exact) mass is 389 g/mol. The molecule has 0 spiro atoms. The number of carbonyl (C=O) groups is 1. The first kappa shape index (κ1) is 19.2. The Balaban J connectivity index is 1.61. The number of aryl methyl sites for hydroxylation is 1. The van der Waals surface area contributed by atoms with E-state index in [1.54, 1.807) is 7.05 Å². The molecule has 2 heterocycles. The molecule has 3 rings (SSSR count). The van der Waals surface area contributed by atoms with Gasteiger partial charge < -0.3 is 5.32 Å². The van der Waals surface area contributed by atoms with E-state index < -0.39 is 23.2 Å². The minimum Gasteiger partial charge on any atom is -0.344 e. The van der Waals surface area contributed by atoms with Crippen molar-refractivity contribution in [2.24, 2.45) is 7.05 Å². The summed E-state index contributed by atoms with van der Waals surface area (Å²) in [5.74, 6) is 4.66. The normalized spacial score (nSPS) is 11.1. The molecular formula is C18H14F3N5O2. The Hall–Kier alpha value is -3.61. The van der Waals surface area contributed by atoms with Crippen LogP contribution in [-0.2, 0) is 24.6 Å². The van der Waals surface area contributed by atoms with Crippen LogP contribution in [0.4, 0.5) is 13.2 Å². The minimum absolute atomic E-state index is 0.0770. The Morgan fingerprint density at radius 3 is 2.86 bits per heavy atom. The fourth-order valence-electron chi connectivity index (χ4n) is 2.45. The van der Waals surface area contributed by atoms with E-state index in [9.17, 15) is 22.8 Å². The van der Waals surface area contributed by atoms with Gasteiger partial charge in [0.05, 0.1) is 18.3 Å². The van der Waals surface area contributed by atoms with Gasteiger partial charge in [-0.05, 0) is 18.2 Å². The summed E-state index contributed by atoms with van der Waals surface area (Å²) >= 11 is 0. The van der Waals surface area contributed by atoms with Gasteiger partial charge in [-0.2, -0.15) is 18.3 Å². The second-order valence-corrected chi connectivity index (χ2v) is 5.84. The van der Waals surface area contributed by atoms with E-state index in [4.69, 9.17) is 0 Å². The Bertz CT molecular complexity index is 1150. The molecule has 0 radical (unpaired) electrons. The van der Waals surface area contributed by atoms with E-state index in [-0.39, 0.29) is 18.7 Å². The van der Waals surface area contributed by atoms with Gasteiger partial charge in [-0.1, -0.05) is 17.9 Å². The number of amides is 1. The predicted molar refractivity (Wildman–Crippen MR) is 94.1 cm³/mol. The zero-order chi connectivity index (χ0) is 20.3. The molecule has 28 heavy (non-hydrogen) atoms. The molecule has 1 aromatic carbocycles. The van der Waals surface area contributed by atoms with Crippen LogP contribution in [0.2, 0.25) is 0 Å². The number of nitrogens with one attached hydrogen (secondary N) is 1. The zero-order valence-electron chi connectivity index (χ0n) is 14.6. The molecule has 1 amide bonds. The van der Waals surface area contributed by atoms with Gasteiger partial charge in [-0.15, -0.1) is 0 Å². The molecule has 1 N–H and O–H groups in total. The first-order valence-corrected chi connectivity index (χ1v) is 8.05. The highest BCUT2D eigenvalue weighted by Gasteiger charge is 2.30. The maximum absolute atomic E-state index is 12.7. The van der Waals surface area contributed by atoms with Crippen LogP contribution in [0.5, 0.6) is 0 Å². The SMILES string of the molecule is Cn1ncc2c(=O)n(CC(=O)NCC#Cc3cccc(C(F)(F)F)c3)cnc21. The van der Waals surface area contributed by atoms with E-state index in [1.807, 2.05) is 0 Å². The molecule has 0 saturated heterocycles. The molecule has 0 atom stereocenters. The second kappa shape index (κ2) is 7.56. The fraction of sp³-hybridized carbons (Fsp3) is 0.222. The molecule has 0 aliphatic carbocycles. The second-order valence-electron chi connectivity index (χ2n) is 5.84. The van der Waals surface area contributed by atoms with E-state index in [2.05, 4.69) is 27.2 Å². The van der Waals surface area contributed by atoms with Gasteiger partial charge in [0.1, 0.15) is 18.3 Å². The van der Waals surface area contributed by atoms with Crippen molar-refractivity contribution >= 4 is 16.9 Å². The van der Waals surface area contributed by atoms with Gasteiger partial charge in [0.2, 0.25) is 5.91 Å². The Morgan fingerprint density at radius 1 is 1.32 bits per heavy atom. The first-order chi connectivity index (χ1) is 13.3. The van der Waals surface area contributed by atoms with Crippen LogP contribution in [0, 0.1) is 11.8 Å². The predicted octanol–water partition coefficient (Wildman–Crippen LogP) is 1.32. The van der Waals surface area contributed by atoms with Gasteiger partial charge in [-0.25, -0.2) is 4.98 Å². The summed E-state index contributed by atoms with van der Waals surface area (Å²) in [4.78, 5) is 28.3. The number of rotatable bonds is 3. The zero-order valence-corrected chi connectivity index (χ0v) is 14.6. The summed E-state index contributed by atoms with van der Waals surface area (Å²) in [5.41, 5.74) is -0.593. The molecule has 7 nitrogen and oxygen atoms in total. The molecule has 2 aromatic heterocycles. The minimum atomic E-state index is -4.44. The molecule has 0 bridgehead atoms. The number of fused-ring (bicyclic) bond motifs is 1. The first-order valence-electron chi connectivity index (χ1n) is 8.05. The molecule has 10 heteroatoms. The summed E-state index contributed by atoms with van der Waals surface area (Å²) in [7, 11) is 1.65. The lowest BCUT2D eigenvalue weighted by atomic mass is 10.1. The van der Waals surface area contributed by atoms with E-state index in [0.29, 0.717) is 11.0 Å². The number of aromatic nitrogens is 4. The quantitative estimate of drug-likeness (QED) is 0.685. The Kier molecular flexibility index (Phi) is 5.17. The summed E-state index contributed by atoms with van der Waals surface area (Å²) in [6, 6.07) is 4.60. The van der Waals surface area contributed by atoms with Crippen molar-refractivity contribution in [1.82, 2.24) is 24.6 Å². The van der Waals surface area contributed by atoms with E-state index in [1.165, 1.54) is 29.3 Å². The fourth-order valence-corrected chi connectivity index (χ4v) is 2.45. The third kappa shape index (κ3) is 4.20. The highest BCUT2D eigenvalue weighted by Crippen LogP contribution is 2.29. The maximum Gasteiger partial charge on any atom is 0.416 e. The van der Waals surface area contributed by atoms with Gasteiger partial charge in [-0.3, -0.25) is 18.8 Å². The Labute approximate surface area is 156 Å². The molecule has 0 aliphatic heterocycles. The average molecular weight is 389 g/mol. The molecule has 0 fully saturated rings. The van der Waals surface area contributed by atoms with Crippen molar-refractivity contribution in [2.75, 3.05) is 6.54 Å². The Morgan fingerprint density at radius 2 is 2.11 bits per heavy atom. The van der Waals surface area contributed by atoms with E-state index >= 15 is 0 Å². The lowest BCUT2D eigenvalue weighted by molar-refractivity contribution is -0.137. The summed E-state index contributed by atoms with van der Waals surface area (Å²) in [5, 5.41) is 6.72. The van der Waals surface area contributed by atoms with Crippen LogP contribution in [0.25, 0.3) is 11.0 Å².